The molecule has 0 radical (unpaired) electrons. The van der Waals surface area contributed by atoms with Crippen molar-refractivity contribution in [1.82, 2.24) is 0 Å². The van der Waals surface area contributed by atoms with Gasteiger partial charge in [-0.25, -0.2) is 0 Å². The van der Waals surface area contributed by atoms with Gasteiger partial charge in [-0.1, -0.05) is 58.5 Å². The van der Waals surface area contributed by atoms with Crippen molar-refractivity contribution < 1.29 is 4.79 Å². The monoisotopic (exact) mass is 332 g/mol. The van der Waals surface area contributed by atoms with E-state index in [1.54, 1.807) is 24.3 Å². The SMILES string of the molecule is O=CCc1cccc(Cl)c1-c1cc(Cl)c(Cl)c(Cl)c1. The molecule has 2 aromatic rings. The highest BCUT2D eigenvalue weighted by atomic mass is 35.5. The van der Waals surface area contributed by atoms with Gasteiger partial charge in [-0.15, -0.1) is 0 Å². The lowest BCUT2D eigenvalue weighted by atomic mass is 9.98. The largest absolute Gasteiger partial charge is 0.303 e. The summed E-state index contributed by atoms with van der Waals surface area (Å²) in [5.41, 5.74) is 2.30. The molecule has 0 atom stereocenters. The lowest BCUT2D eigenvalue weighted by molar-refractivity contribution is -0.107. The van der Waals surface area contributed by atoms with Crippen molar-refractivity contribution >= 4 is 52.7 Å². The van der Waals surface area contributed by atoms with E-state index < -0.39 is 0 Å². The Hall–Kier alpha value is -0.730. The molecule has 0 N–H and O–H groups in total. The first kappa shape index (κ1) is 14.7. The van der Waals surface area contributed by atoms with Crippen LogP contribution in [-0.2, 0) is 11.2 Å². The van der Waals surface area contributed by atoms with Crippen molar-refractivity contribution in [2.24, 2.45) is 0 Å². The minimum Gasteiger partial charge on any atom is -0.303 e. The number of carbonyl (C=O) groups excluding carboxylic acids is 1. The predicted octanol–water partition coefficient (Wildman–Crippen LogP) is 5.71. The van der Waals surface area contributed by atoms with E-state index >= 15 is 0 Å². The van der Waals surface area contributed by atoms with Crippen molar-refractivity contribution in [3.8, 4) is 11.1 Å². The van der Waals surface area contributed by atoms with E-state index in [0.717, 1.165) is 23.0 Å². The Bertz CT molecular complexity index is 614. The molecule has 1 nitrogen and oxygen atoms in total. The van der Waals surface area contributed by atoms with Crippen LogP contribution in [0, 0.1) is 0 Å². The van der Waals surface area contributed by atoms with Crippen LogP contribution in [0.5, 0.6) is 0 Å². The first-order valence-electron chi connectivity index (χ1n) is 5.40. The zero-order valence-corrected chi connectivity index (χ0v) is 12.6. The average molecular weight is 334 g/mol. The Labute approximate surface area is 131 Å². The van der Waals surface area contributed by atoms with E-state index in [-0.39, 0.29) is 6.42 Å². The molecule has 0 saturated carbocycles. The van der Waals surface area contributed by atoms with Crippen LogP contribution < -0.4 is 0 Å². The summed E-state index contributed by atoms with van der Waals surface area (Å²) in [5, 5.41) is 1.53. The maximum atomic E-state index is 10.7. The molecular formula is C14H8Cl4O. The minimum atomic E-state index is 0.272. The number of hydrogen-bond acceptors (Lipinski definition) is 1. The van der Waals surface area contributed by atoms with Crippen LogP contribution in [0.3, 0.4) is 0 Å². The molecule has 5 heteroatoms. The van der Waals surface area contributed by atoms with E-state index in [1.165, 1.54) is 0 Å². The zero-order chi connectivity index (χ0) is 14.0. The fourth-order valence-corrected chi connectivity index (χ4v) is 2.75. The van der Waals surface area contributed by atoms with Crippen molar-refractivity contribution in [3.63, 3.8) is 0 Å². The molecule has 98 valence electrons. The molecule has 0 aliphatic heterocycles. The fraction of sp³-hybridized carbons (Fsp3) is 0.0714. The number of carbonyl (C=O) groups is 1. The van der Waals surface area contributed by atoms with Crippen LogP contribution >= 0.6 is 46.4 Å². The van der Waals surface area contributed by atoms with Crippen LogP contribution in [0.25, 0.3) is 11.1 Å². The van der Waals surface area contributed by atoms with Gasteiger partial charge < -0.3 is 4.79 Å². The molecule has 0 bridgehead atoms. The number of rotatable bonds is 3. The lowest BCUT2D eigenvalue weighted by Crippen LogP contribution is -1.92. The van der Waals surface area contributed by atoms with Gasteiger partial charge >= 0.3 is 0 Å². The van der Waals surface area contributed by atoms with Gasteiger partial charge in [0.25, 0.3) is 0 Å². The summed E-state index contributed by atoms with van der Waals surface area (Å²) >= 11 is 24.2. The molecule has 0 saturated heterocycles. The first-order valence-corrected chi connectivity index (χ1v) is 6.91. The Morgan fingerprint density at radius 3 is 2.16 bits per heavy atom. The number of aldehydes is 1. The summed E-state index contributed by atoms with van der Waals surface area (Å²) in [4.78, 5) is 10.7. The van der Waals surface area contributed by atoms with Gasteiger partial charge in [0.1, 0.15) is 6.29 Å². The molecular weight excluding hydrogens is 326 g/mol. The Kier molecular flexibility index (Phi) is 4.75. The van der Waals surface area contributed by atoms with E-state index in [4.69, 9.17) is 46.4 Å². The van der Waals surface area contributed by atoms with E-state index in [1.807, 2.05) is 6.07 Å². The Morgan fingerprint density at radius 1 is 0.947 bits per heavy atom. The highest BCUT2D eigenvalue weighted by Gasteiger charge is 2.13. The maximum Gasteiger partial charge on any atom is 0.124 e. The average Bonchev–Trinajstić information content (AvgIpc) is 2.36. The molecule has 2 rings (SSSR count). The second kappa shape index (κ2) is 6.15. The molecule has 0 aliphatic rings. The number of hydrogen-bond donors (Lipinski definition) is 0. The molecule has 0 fully saturated rings. The van der Waals surface area contributed by atoms with Gasteiger partial charge in [0.05, 0.1) is 15.1 Å². The lowest BCUT2D eigenvalue weighted by Gasteiger charge is -2.11. The predicted molar refractivity (Wildman–Crippen MR) is 81.7 cm³/mol. The van der Waals surface area contributed by atoms with Crippen molar-refractivity contribution in [3.05, 3.63) is 56.0 Å². The highest BCUT2D eigenvalue weighted by Crippen LogP contribution is 2.38. The summed E-state index contributed by atoms with van der Waals surface area (Å²) in [6.45, 7) is 0. The smallest absolute Gasteiger partial charge is 0.124 e. The van der Waals surface area contributed by atoms with E-state index in [2.05, 4.69) is 0 Å². The Morgan fingerprint density at radius 2 is 1.58 bits per heavy atom. The second-order valence-corrected chi connectivity index (χ2v) is 5.50. The van der Waals surface area contributed by atoms with Crippen LogP contribution in [0.15, 0.2) is 30.3 Å². The summed E-state index contributed by atoms with van der Waals surface area (Å²) in [7, 11) is 0. The van der Waals surface area contributed by atoms with Crippen LogP contribution in [0.4, 0.5) is 0 Å². The van der Waals surface area contributed by atoms with Crippen molar-refractivity contribution in [2.45, 2.75) is 6.42 Å². The van der Waals surface area contributed by atoms with Gasteiger partial charge in [0.15, 0.2) is 0 Å². The molecule has 2 aromatic carbocycles. The molecule has 0 heterocycles. The second-order valence-electron chi connectivity index (χ2n) is 3.90. The zero-order valence-electron chi connectivity index (χ0n) is 9.59. The topological polar surface area (TPSA) is 17.1 Å². The van der Waals surface area contributed by atoms with Gasteiger partial charge in [0, 0.05) is 17.0 Å². The normalized spacial score (nSPS) is 10.5. The van der Waals surface area contributed by atoms with E-state index in [9.17, 15) is 4.79 Å². The molecule has 0 amide bonds. The molecule has 0 unspecified atom stereocenters. The summed E-state index contributed by atoms with van der Waals surface area (Å²) in [6, 6.07) is 8.76. The van der Waals surface area contributed by atoms with E-state index in [0.29, 0.717) is 20.1 Å². The molecule has 0 aliphatic carbocycles. The summed E-state index contributed by atoms with van der Waals surface area (Å²) in [5.74, 6) is 0. The van der Waals surface area contributed by atoms with Crippen LogP contribution in [0.2, 0.25) is 20.1 Å². The van der Waals surface area contributed by atoms with Gasteiger partial charge in [-0.05, 0) is 29.3 Å². The highest BCUT2D eigenvalue weighted by molar-refractivity contribution is 6.48. The van der Waals surface area contributed by atoms with Crippen LogP contribution in [-0.4, -0.2) is 6.29 Å². The first-order chi connectivity index (χ1) is 9.04. The summed E-state index contributed by atoms with van der Waals surface area (Å²) < 4.78 is 0. The molecule has 19 heavy (non-hydrogen) atoms. The number of benzene rings is 2. The van der Waals surface area contributed by atoms with Crippen molar-refractivity contribution in [1.29, 1.82) is 0 Å². The van der Waals surface area contributed by atoms with Crippen molar-refractivity contribution in [2.75, 3.05) is 0 Å². The quantitative estimate of drug-likeness (QED) is 0.519. The van der Waals surface area contributed by atoms with Gasteiger partial charge in [-0.3, -0.25) is 0 Å². The maximum absolute atomic E-state index is 10.7. The molecule has 0 aromatic heterocycles. The third-order valence-electron chi connectivity index (χ3n) is 2.68. The standard InChI is InChI=1S/C14H8Cl4O/c15-10-3-1-2-8(4-5-19)13(10)9-6-11(16)14(18)12(17)7-9/h1-3,5-7H,4H2. The summed E-state index contributed by atoms with van der Waals surface area (Å²) in [6.07, 6.45) is 1.10. The molecule has 0 spiro atoms. The fourth-order valence-electron chi connectivity index (χ4n) is 1.85. The number of halogens is 4. The van der Waals surface area contributed by atoms with Crippen LogP contribution in [0.1, 0.15) is 5.56 Å². The Balaban J connectivity index is 2.67. The third kappa shape index (κ3) is 3.06. The van der Waals surface area contributed by atoms with Gasteiger partial charge in [-0.2, -0.15) is 0 Å². The minimum absolute atomic E-state index is 0.272. The third-order valence-corrected chi connectivity index (χ3v) is 4.19. The van der Waals surface area contributed by atoms with Gasteiger partial charge in [0.2, 0.25) is 0 Å².